The number of halogens is 4. The minimum absolute atomic E-state index is 0.0725. The van der Waals surface area contributed by atoms with Crippen molar-refractivity contribution >= 4 is 35.2 Å². The van der Waals surface area contributed by atoms with Crippen LogP contribution in [0.15, 0.2) is 30.5 Å². The van der Waals surface area contributed by atoms with E-state index in [2.05, 4.69) is 9.72 Å². The first kappa shape index (κ1) is 22.0. The number of nitrogens with zero attached hydrogens (tertiary/aromatic N) is 1. The number of aryl methyl sites for hydroxylation is 2. The van der Waals surface area contributed by atoms with E-state index in [1.807, 2.05) is 6.92 Å². The van der Waals surface area contributed by atoms with Gasteiger partial charge in [0, 0.05) is 16.8 Å². The summed E-state index contributed by atoms with van der Waals surface area (Å²) in [6.07, 6.45) is 3.45. The Morgan fingerprint density at radius 3 is 2.58 bits per heavy atom. The molecule has 0 unspecified atom stereocenters. The van der Waals surface area contributed by atoms with Crippen molar-refractivity contribution < 1.29 is 18.3 Å². The first-order valence-corrected chi connectivity index (χ1v) is 8.43. The van der Waals surface area contributed by atoms with Crippen molar-refractivity contribution in [3.63, 3.8) is 0 Å². The van der Waals surface area contributed by atoms with E-state index >= 15 is 0 Å². The van der Waals surface area contributed by atoms with E-state index in [1.165, 1.54) is 12.3 Å². The molecule has 1 aromatic heterocycles. The highest BCUT2D eigenvalue weighted by Gasteiger charge is 2.09. The van der Waals surface area contributed by atoms with E-state index in [0.29, 0.717) is 28.4 Å². The predicted molar refractivity (Wildman–Crippen MR) is 99.0 cm³/mol. The van der Waals surface area contributed by atoms with E-state index < -0.39 is 6.61 Å². The maximum Gasteiger partial charge on any atom is 0.387 e. The van der Waals surface area contributed by atoms with E-state index in [4.69, 9.17) is 28.6 Å². The van der Waals surface area contributed by atoms with Crippen LogP contribution in [0.3, 0.4) is 0 Å². The molecule has 1 heterocycles. The monoisotopic (exact) mass is 402 g/mol. The van der Waals surface area contributed by atoms with Gasteiger partial charge in [-0.05, 0) is 48.7 Å². The average molecular weight is 403 g/mol. The quantitative estimate of drug-likeness (QED) is 0.393. The molecule has 0 fully saturated rings. The molecule has 0 saturated heterocycles. The Morgan fingerprint density at radius 1 is 1.35 bits per heavy atom. The van der Waals surface area contributed by atoms with Gasteiger partial charge >= 0.3 is 6.61 Å². The highest BCUT2D eigenvalue weighted by atomic mass is 35.5. The highest BCUT2D eigenvalue weighted by Crippen LogP contribution is 2.25. The summed E-state index contributed by atoms with van der Waals surface area (Å²) in [4.78, 5) is 14.0. The summed E-state index contributed by atoms with van der Waals surface area (Å²) in [5, 5.41) is 8.15. The molecule has 0 aliphatic rings. The molecule has 0 spiro atoms. The Hall–Kier alpha value is -2.05. The van der Waals surface area contributed by atoms with Gasteiger partial charge in [-0.1, -0.05) is 36.5 Å². The number of hydrogen-bond acceptors (Lipinski definition) is 4. The number of carbonyl (C=O) groups is 1. The Balaban J connectivity index is 0.000000263. The molecule has 1 N–H and O–H groups in total. The van der Waals surface area contributed by atoms with Crippen LogP contribution in [0.5, 0.6) is 5.75 Å². The van der Waals surface area contributed by atoms with Crippen LogP contribution in [0, 0.1) is 12.3 Å². The maximum atomic E-state index is 12.0. The van der Waals surface area contributed by atoms with Crippen LogP contribution in [0.4, 0.5) is 8.78 Å². The summed E-state index contributed by atoms with van der Waals surface area (Å²) in [6.45, 7) is 0.959. The number of aldehydes is 1. The van der Waals surface area contributed by atoms with E-state index in [0.717, 1.165) is 17.5 Å². The largest absolute Gasteiger partial charge is 0.435 e. The van der Waals surface area contributed by atoms with Gasteiger partial charge < -0.3 is 4.74 Å². The molecule has 0 aliphatic heterocycles. The molecular weight excluding hydrogens is 385 g/mol. The van der Waals surface area contributed by atoms with Gasteiger partial charge in [0.1, 0.15) is 16.6 Å². The minimum Gasteiger partial charge on any atom is -0.435 e. The lowest BCUT2D eigenvalue weighted by molar-refractivity contribution is -0.102. The lowest BCUT2D eigenvalue weighted by Crippen LogP contribution is -2.04. The number of hydrogen-bond donors (Lipinski definition) is 1. The van der Waals surface area contributed by atoms with Crippen LogP contribution in [-0.2, 0) is 11.2 Å². The van der Waals surface area contributed by atoms with Crippen LogP contribution in [0.25, 0.3) is 0 Å². The van der Waals surface area contributed by atoms with Crippen molar-refractivity contribution in [1.82, 2.24) is 4.98 Å². The maximum absolute atomic E-state index is 12.0. The molecular formula is C18H18Cl2F2N2O2. The summed E-state index contributed by atoms with van der Waals surface area (Å²) < 4.78 is 28.3. The third-order valence-corrected chi connectivity index (χ3v) is 3.69. The van der Waals surface area contributed by atoms with Gasteiger partial charge in [0.15, 0.2) is 6.29 Å². The fourth-order valence-corrected chi connectivity index (χ4v) is 2.50. The second kappa shape index (κ2) is 10.8. The van der Waals surface area contributed by atoms with Gasteiger partial charge in [-0.2, -0.15) is 8.78 Å². The standard InChI is InChI=1S/C10H11ClF2O.C8H7ClN2O/c1-2-3-7-6-8(11)4-5-9(7)14-10(12)13;1-5-2-8(9)11-3-6(5)7(10)4-12/h4-6,10H,2-3H2,1H3;2-4,10H,1H3. The molecule has 140 valence electrons. The van der Waals surface area contributed by atoms with Crippen molar-refractivity contribution in [2.45, 2.75) is 33.3 Å². The third kappa shape index (κ3) is 7.06. The Morgan fingerprint density at radius 2 is 2.04 bits per heavy atom. The molecule has 26 heavy (non-hydrogen) atoms. The summed E-state index contributed by atoms with van der Waals surface area (Å²) >= 11 is 11.3. The average Bonchev–Trinajstić information content (AvgIpc) is 2.57. The number of ether oxygens (including phenoxy) is 1. The van der Waals surface area contributed by atoms with Gasteiger partial charge in [-0.25, -0.2) is 4.98 Å². The second-order valence-electron chi connectivity index (χ2n) is 5.23. The van der Waals surface area contributed by atoms with Crippen LogP contribution in [0.1, 0.15) is 30.0 Å². The van der Waals surface area contributed by atoms with Gasteiger partial charge in [-0.3, -0.25) is 10.2 Å². The molecule has 0 amide bonds. The Bertz CT molecular complexity index is 771. The second-order valence-corrected chi connectivity index (χ2v) is 6.06. The van der Waals surface area contributed by atoms with Crippen molar-refractivity contribution in [3.8, 4) is 5.75 Å². The van der Waals surface area contributed by atoms with Crippen LogP contribution < -0.4 is 4.74 Å². The summed E-state index contributed by atoms with van der Waals surface area (Å²) in [7, 11) is 0. The van der Waals surface area contributed by atoms with Crippen LogP contribution >= 0.6 is 23.2 Å². The lowest BCUT2D eigenvalue weighted by atomic mass is 10.1. The van der Waals surface area contributed by atoms with Crippen molar-refractivity contribution in [1.29, 1.82) is 5.41 Å². The normalized spacial score (nSPS) is 10.1. The predicted octanol–water partition coefficient (Wildman–Crippen LogP) is 5.50. The van der Waals surface area contributed by atoms with Crippen molar-refractivity contribution in [3.05, 3.63) is 57.3 Å². The SMILES string of the molecule is CCCc1cc(Cl)ccc1OC(F)F.Cc1cc(Cl)ncc1C(=N)C=O. The molecule has 0 saturated carbocycles. The van der Waals surface area contributed by atoms with Crippen LogP contribution in [-0.4, -0.2) is 23.6 Å². The molecule has 0 radical (unpaired) electrons. The number of aromatic nitrogens is 1. The zero-order chi connectivity index (χ0) is 19.7. The number of alkyl halides is 2. The lowest BCUT2D eigenvalue weighted by Gasteiger charge is -2.09. The number of carbonyl (C=O) groups excluding carboxylic acids is 1. The van der Waals surface area contributed by atoms with E-state index in [9.17, 15) is 13.6 Å². The van der Waals surface area contributed by atoms with Gasteiger partial charge in [0.2, 0.25) is 0 Å². The van der Waals surface area contributed by atoms with E-state index in [1.54, 1.807) is 25.1 Å². The molecule has 2 aromatic rings. The summed E-state index contributed by atoms with van der Waals surface area (Å²) in [6, 6.07) is 6.29. The smallest absolute Gasteiger partial charge is 0.387 e. The number of rotatable bonds is 6. The Kier molecular flexibility index (Phi) is 9.16. The minimum atomic E-state index is -2.79. The fourth-order valence-electron chi connectivity index (χ4n) is 2.09. The van der Waals surface area contributed by atoms with E-state index in [-0.39, 0.29) is 11.5 Å². The third-order valence-electron chi connectivity index (χ3n) is 3.24. The highest BCUT2D eigenvalue weighted by molar-refractivity contribution is 6.35. The van der Waals surface area contributed by atoms with Gasteiger partial charge in [-0.15, -0.1) is 0 Å². The number of nitrogens with one attached hydrogen (secondary N) is 1. The molecule has 0 bridgehead atoms. The molecule has 4 nitrogen and oxygen atoms in total. The van der Waals surface area contributed by atoms with Gasteiger partial charge in [0.25, 0.3) is 0 Å². The first-order chi connectivity index (χ1) is 12.3. The zero-order valence-corrected chi connectivity index (χ0v) is 15.7. The fraction of sp³-hybridized carbons (Fsp3) is 0.278. The molecule has 8 heteroatoms. The summed E-state index contributed by atoms with van der Waals surface area (Å²) in [5.74, 6) is 0.214. The topological polar surface area (TPSA) is 63.0 Å². The molecule has 1 aromatic carbocycles. The molecule has 2 rings (SSSR count). The van der Waals surface area contributed by atoms with Crippen LogP contribution in [0.2, 0.25) is 10.2 Å². The summed E-state index contributed by atoms with van der Waals surface area (Å²) in [5.41, 5.74) is 1.96. The number of benzene rings is 1. The van der Waals surface area contributed by atoms with Crippen molar-refractivity contribution in [2.75, 3.05) is 0 Å². The Labute approximate surface area is 160 Å². The van der Waals surface area contributed by atoms with Gasteiger partial charge in [0.05, 0.1) is 0 Å². The first-order valence-electron chi connectivity index (χ1n) is 7.68. The molecule has 0 atom stereocenters. The zero-order valence-electron chi connectivity index (χ0n) is 14.2. The molecule has 0 aliphatic carbocycles. The number of pyridine rings is 1. The van der Waals surface area contributed by atoms with Crippen molar-refractivity contribution in [2.24, 2.45) is 0 Å².